The number of rotatable bonds is 3. The van der Waals surface area contributed by atoms with Gasteiger partial charge in [0.25, 0.3) is 0 Å². The summed E-state index contributed by atoms with van der Waals surface area (Å²) in [6, 6.07) is 12.3. The number of nitrogens with one attached hydrogen (secondary N) is 2. The molecule has 0 aliphatic rings. The molecule has 0 bridgehead atoms. The number of nitrogens with zero attached hydrogens (tertiary/aromatic N) is 4. The Bertz CT molecular complexity index is 1450. The van der Waals surface area contributed by atoms with Crippen molar-refractivity contribution in [3.8, 4) is 33.6 Å². The van der Waals surface area contributed by atoms with Crippen molar-refractivity contribution < 1.29 is 4.42 Å². The maximum absolute atomic E-state index is 5.26. The third-order valence-corrected chi connectivity index (χ3v) is 5.06. The van der Waals surface area contributed by atoms with E-state index in [0.29, 0.717) is 0 Å². The van der Waals surface area contributed by atoms with Crippen molar-refractivity contribution in [3.05, 3.63) is 73.8 Å². The first kappa shape index (κ1) is 15.8. The molecule has 0 unspecified atom stereocenters. The van der Waals surface area contributed by atoms with Gasteiger partial charge >= 0.3 is 0 Å². The van der Waals surface area contributed by atoms with Crippen LogP contribution in [0.15, 0.2) is 78.3 Å². The van der Waals surface area contributed by atoms with Crippen LogP contribution in [0.1, 0.15) is 0 Å². The molecule has 29 heavy (non-hydrogen) atoms. The van der Waals surface area contributed by atoms with E-state index < -0.39 is 0 Å². The van der Waals surface area contributed by atoms with Gasteiger partial charge in [-0.15, -0.1) is 0 Å². The molecule has 6 rings (SSSR count). The van der Waals surface area contributed by atoms with Gasteiger partial charge in [0, 0.05) is 51.6 Å². The lowest BCUT2D eigenvalue weighted by molar-refractivity contribution is 0.568. The van der Waals surface area contributed by atoms with Crippen molar-refractivity contribution in [2.45, 2.75) is 0 Å². The molecule has 0 aliphatic carbocycles. The lowest BCUT2D eigenvalue weighted by Gasteiger charge is -2.00. The summed E-state index contributed by atoms with van der Waals surface area (Å²) < 4.78 is 5.26. The maximum atomic E-state index is 5.26. The molecule has 2 N–H and O–H groups in total. The van der Waals surface area contributed by atoms with E-state index in [-0.39, 0.29) is 0 Å². The van der Waals surface area contributed by atoms with Crippen LogP contribution in [0.4, 0.5) is 0 Å². The summed E-state index contributed by atoms with van der Waals surface area (Å²) in [5.74, 6) is 0. The minimum atomic E-state index is 0.731. The molecule has 5 aromatic heterocycles. The highest BCUT2D eigenvalue weighted by atomic mass is 16.3. The van der Waals surface area contributed by atoms with E-state index in [1.165, 1.54) is 6.33 Å². The molecule has 0 spiro atoms. The zero-order valence-corrected chi connectivity index (χ0v) is 15.1. The minimum absolute atomic E-state index is 0.731. The van der Waals surface area contributed by atoms with Crippen LogP contribution in [-0.4, -0.2) is 30.1 Å². The molecule has 7 heteroatoms. The highest BCUT2D eigenvalue weighted by Crippen LogP contribution is 2.34. The van der Waals surface area contributed by atoms with Gasteiger partial charge in [0.05, 0.1) is 18.2 Å². The van der Waals surface area contributed by atoms with Crippen molar-refractivity contribution in [2.75, 3.05) is 0 Å². The van der Waals surface area contributed by atoms with Crippen LogP contribution in [-0.2, 0) is 0 Å². The summed E-state index contributed by atoms with van der Waals surface area (Å²) in [6.45, 7) is 0. The first-order valence-corrected chi connectivity index (χ1v) is 9.11. The van der Waals surface area contributed by atoms with Crippen molar-refractivity contribution in [1.82, 2.24) is 30.1 Å². The molecule has 0 fully saturated rings. The number of hydrogen-bond donors (Lipinski definition) is 2. The highest BCUT2D eigenvalue weighted by Gasteiger charge is 2.15. The molecule has 0 saturated carbocycles. The molecule has 0 atom stereocenters. The largest absolute Gasteiger partial charge is 0.472 e. The Morgan fingerprint density at radius 3 is 2.66 bits per heavy atom. The molecule has 5 heterocycles. The highest BCUT2D eigenvalue weighted by molar-refractivity contribution is 6.01. The molecule has 0 aliphatic heterocycles. The van der Waals surface area contributed by atoms with E-state index in [1.807, 2.05) is 12.1 Å². The molecular weight excluding hydrogens is 364 g/mol. The van der Waals surface area contributed by atoms with Crippen LogP contribution >= 0.6 is 0 Å². The van der Waals surface area contributed by atoms with Crippen LogP contribution in [0.3, 0.4) is 0 Å². The summed E-state index contributed by atoms with van der Waals surface area (Å²) in [7, 11) is 0. The van der Waals surface area contributed by atoms with Crippen LogP contribution in [0, 0.1) is 0 Å². The summed E-state index contributed by atoms with van der Waals surface area (Å²) in [6.07, 6.45) is 10.3. The standard InChI is InChI=1S/C22H14N6O/c1-2-16(13-4-5-29-11-13)17-7-20(26-19(17)3-1)21-18-6-14(10-25-22(18)28-27-21)15-8-23-12-24-9-15/h1-12,26H,(H,25,27,28). The summed E-state index contributed by atoms with van der Waals surface area (Å²) in [4.78, 5) is 16.2. The molecule has 6 aromatic rings. The zero-order chi connectivity index (χ0) is 19.2. The zero-order valence-electron chi connectivity index (χ0n) is 15.1. The Balaban J connectivity index is 1.53. The van der Waals surface area contributed by atoms with Crippen LogP contribution < -0.4 is 0 Å². The van der Waals surface area contributed by atoms with Gasteiger partial charge in [-0.3, -0.25) is 5.10 Å². The number of pyridine rings is 1. The third kappa shape index (κ3) is 2.52. The quantitative estimate of drug-likeness (QED) is 0.460. The number of aromatic amines is 2. The number of hydrogen-bond acceptors (Lipinski definition) is 5. The van der Waals surface area contributed by atoms with E-state index in [2.05, 4.69) is 54.4 Å². The maximum Gasteiger partial charge on any atom is 0.155 e. The van der Waals surface area contributed by atoms with Gasteiger partial charge in [0.1, 0.15) is 12.0 Å². The number of fused-ring (bicyclic) bond motifs is 2. The molecule has 0 radical (unpaired) electrons. The lowest BCUT2D eigenvalue weighted by atomic mass is 10.0. The fraction of sp³-hybridized carbons (Fsp3) is 0. The normalized spacial score (nSPS) is 11.4. The SMILES string of the molecule is c1cc(-c2ccoc2)c2cc(-c3n[nH]c4ncc(-c5cncnc5)cc34)[nH]c2c1. The summed E-state index contributed by atoms with van der Waals surface area (Å²) in [5, 5.41) is 9.59. The van der Waals surface area contributed by atoms with Gasteiger partial charge in [-0.2, -0.15) is 5.10 Å². The second-order valence-corrected chi connectivity index (χ2v) is 6.78. The lowest BCUT2D eigenvalue weighted by Crippen LogP contribution is -1.85. The van der Waals surface area contributed by atoms with Gasteiger partial charge in [0.2, 0.25) is 0 Å². The Morgan fingerprint density at radius 2 is 1.79 bits per heavy atom. The summed E-state index contributed by atoms with van der Waals surface area (Å²) in [5.41, 5.74) is 7.51. The van der Waals surface area contributed by atoms with Crippen molar-refractivity contribution in [1.29, 1.82) is 0 Å². The fourth-order valence-corrected chi connectivity index (χ4v) is 3.67. The molecule has 138 valence electrons. The first-order chi connectivity index (χ1) is 14.4. The van der Waals surface area contributed by atoms with Crippen LogP contribution in [0.2, 0.25) is 0 Å². The third-order valence-electron chi connectivity index (χ3n) is 5.06. The van der Waals surface area contributed by atoms with Crippen LogP contribution in [0.5, 0.6) is 0 Å². The molecule has 1 aromatic carbocycles. The van der Waals surface area contributed by atoms with E-state index in [9.17, 15) is 0 Å². The molecule has 0 amide bonds. The Labute approximate surface area is 164 Å². The van der Waals surface area contributed by atoms with Crippen molar-refractivity contribution >= 4 is 21.9 Å². The number of furan rings is 1. The first-order valence-electron chi connectivity index (χ1n) is 9.11. The van der Waals surface area contributed by atoms with Gasteiger partial charge in [0.15, 0.2) is 5.65 Å². The smallest absolute Gasteiger partial charge is 0.155 e. The Kier molecular flexibility index (Phi) is 3.33. The average molecular weight is 378 g/mol. The fourth-order valence-electron chi connectivity index (χ4n) is 3.67. The van der Waals surface area contributed by atoms with Gasteiger partial charge < -0.3 is 9.40 Å². The van der Waals surface area contributed by atoms with E-state index in [1.54, 1.807) is 31.1 Å². The van der Waals surface area contributed by atoms with E-state index in [4.69, 9.17) is 4.42 Å². The monoisotopic (exact) mass is 378 g/mol. The molecular formula is C22H14N6O. The van der Waals surface area contributed by atoms with Crippen molar-refractivity contribution in [2.24, 2.45) is 0 Å². The topological polar surface area (TPSA) is 96.3 Å². The number of aromatic nitrogens is 6. The molecule has 0 saturated heterocycles. The van der Waals surface area contributed by atoms with Gasteiger partial charge in [-0.1, -0.05) is 12.1 Å². The average Bonchev–Trinajstić information content (AvgIpc) is 3.52. The Morgan fingerprint density at radius 1 is 0.862 bits per heavy atom. The second-order valence-electron chi connectivity index (χ2n) is 6.78. The van der Waals surface area contributed by atoms with E-state index in [0.717, 1.165) is 55.6 Å². The Hall–Kier alpha value is -4.26. The number of H-pyrrole nitrogens is 2. The van der Waals surface area contributed by atoms with Crippen molar-refractivity contribution in [3.63, 3.8) is 0 Å². The summed E-state index contributed by atoms with van der Waals surface area (Å²) >= 11 is 0. The number of benzene rings is 1. The predicted octanol–water partition coefficient (Wildman–Crippen LogP) is 4.82. The van der Waals surface area contributed by atoms with Crippen LogP contribution in [0.25, 0.3) is 55.6 Å². The van der Waals surface area contributed by atoms with Gasteiger partial charge in [-0.05, 0) is 29.8 Å². The predicted molar refractivity (Wildman–Crippen MR) is 110 cm³/mol. The minimum Gasteiger partial charge on any atom is -0.472 e. The molecule has 7 nitrogen and oxygen atoms in total. The van der Waals surface area contributed by atoms with E-state index >= 15 is 0 Å². The second kappa shape index (κ2) is 6.13. The van der Waals surface area contributed by atoms with Gasteiger partial charge in [-0.25, -0.2) is 15.0 Å².